The molecule has 23 heavy (non-hydrogen) atoms. The molecule has 0 aliphatic heterocycles. The Morgan fingerprint density at radius 1 is 0.739 bits per heavy atom. The highest BCUT2D eigenvalue weighted by atomic mass is 15.3. The third-order valence-electron chi connectivity index (χ3n) is 4.36. The molecule has 1 heterocycles. The Hall–Kier alpha value is -2.87. The highest BCUT2D eigenvalue weighted by molar-refractivity contribution is 5.94. The van der Waals surface area contributed by atoms with E-state index in [0.29, 0.717) is 0 Å². The quantitative estimate of drug-likeness (QED) is 0.490. The summed E-state index contributed by atoms with van der Waals surface area (Å²) in [7, 11) is 0. The second kappa shape index (κ2) is 5.40. The summed E-state index contributed by atoms with van der Waals surface area (Å²) in [6, 6.07) is 25.3. The first-order chi connectivity index (χ1) is 11.2. The van der Waals surface area contributed by atoms with Gasteiger partial charge in [0, 0.05) is 10.9 Å². The molecule has 0 N–H and O–H groups in total. The monoisotopic (exact) mass is 298 g/mol. The van der Waals surface area contributed by atoms with Crippen molar-refractivity contribution in [2.24, 2.45) is 0 Å². The third-order valence-corrected chi connectivity index (χ3v) is 4.36. The minimum atomic E-state index is 1.02. The highest BCUT2D eigenvalue weighted by Crippen LogP contribution is 2.31. The number of hydrogen-bond acceptors (Lipinski definition) is 1. The standard InChI is InChI=1S/C21H18N2/c1-15-12-13-18(14-16(15)2)23-21(17-8-4-3-5-9-17)19-10-6-7-11-20(19)22-23/h3-14H,1-2H3. The van der Waals surface area contributed by atoms with E-state index in [4.69, 9.17) is 5.10 Å². The minimum absolute atomic E-state index is 1.02. The Balaban J connectivity index is 2.04. The summed E-state index contributed by atoms with van der Waals surface area (Å²) < 4.78 is 2.06. The molecule has 4 rings (SSSR count). The molecule has 0 saturated heterocycles. The molecule has 112 valence electrons. The van der Waals surface area contributed by atoms with E-state index < -0.39 is 0 Å². The average Bonchev–Trinajstić information content (AvgIpc) is 2.97. The van der Waals surface area contributed by atoms with Crippen LogP contribution in [0, 0.1) is 13.8 Å². The fraction of sp³-hybridized carbons (Fsp3) is 0.0952. The molecular formula is C21H18N2. The van der Waals surface area contributed by atoms with Crippen LogP contribution in [0.15, 0.2) is 72.8 Å². The summed E-state index contributed by atoms with van der Waals surface area (Å²) in [6.07, 6.45) is 0. The lowest BCUT2D eigenvalue weighted by molar-refractivity contribution is 0.901. The molecule has 2 heteroatoms. The van der Waals surface area contributed by atoms with E-state index in [2.05, 4.69) is 79.2 Å². The lowest BCUT2D eigenvalue weighted by Gasteiger charge is -2.10. The lowest BCUT2D eigenvalue weighted by atomic mass is 10.1. The predicted molar refractivity (Wildman–Crippen MR) is 96.0 cm³/mol. The zero-order chi connectivity index (χ0) is 15.8. The number of nitrogens with zero attached hydrogens (tertiary/aromatic N) is 2. The fourth-order valence-electron chi connectivity index (χ4n) is 2.95. The lowest BCUT2D eigenvalue weighted by Crippen LogP contribution is -2.00. The van der Waals surface area contributed by atoms with Crippen molar-refractivity contribution in [1.29, 1.82) is 0 Å². The molecule has 0 atom stereocenters. The van der Waals surface area contributed by atoms with Crippen molar-refractivity contribution in [2.45, 2.75) is 13.8 Å². The van der Waals surface area contributed by atoms with Crippen molar-refractivity contribution in [3.63, 3.8) is 0 Å². The number of benzene rings is 3. The Morgan fingerprint density at radius 3 is 2.26 bits per heavy atom. The highest BCUT2D eigenvalue weighted by Gasteiger charge is 2.14. The van der Waals surface area contributed by atoms with Crippen LogP contribution in [0.2, 0.25) is 0 Å². The van der Waals surface area contributed by atoms with Crippen LogP contribution in [0.4, 0.5) is 0 Å². The van der Waals surface area contributed by atoms with Gasteiger partial charge in [-0.15, -0.1) is 0 Å². The number of rotatable bonds is 2. The van der Waals surface area contributed by atoms with Gasteiger partial charge < -0.3 is 0 Å². The summed E-state index contributed by atoms with van der Waals surface area (Å²) in [5.74, 6) is 0. The maximum atomic E-state index is 4.85. The van der Waals surface area contributed by atoms with Gasteiger partial charge in [0.1, 0.15) is 0 Å². The van der Waals surface area contributed by atoms with E-state index in [9.17, 15) is 0 Å². The number of aryl methyl sites for hydroxylation is 2. The van der Waals surface area contributed by atoms with Gasteiger partial charge in [0.05, 0.1) is 16.9 Å². The van der Waals surface area contributed by atoms with Crippen molar-refractivity contribution in [3.8, 4) is 16.9 Å². The second-order valence-corrected chi connectivity index (χ2v) is 5.91. The number of hydrogen-bond donors (Lipinski definition) is 0. The van der Waals surface area contributed by atoms with Gasteiger partial charge in [0.25, 0.3) is 0 Å². The van der Waals surface area contributed by atoms with Gasteiger partial charge in [-0.2, -0.15) is 5.10 Å². The van der Waals surface area contributed by atoms with Crippen molar-refractivity contribution >= 4 is 10.9 Å². The van der Waals surface area contributed by atoms with Crippen LogP contribution in [0.1, 0.15) is 11.1 Å². The van der Waals surface area contributed by atoms with E-state index in [1.807, 2.05) is 12.1 Å². The van der Waals surface area contributed by atoms with E-state index in [1.165, 1.54) is 22.1 Å². The largest absolute Gasteiger partial charge is 0.232 e. The molecule has 3 aromatic carbocycles. The molecular weight excluding hydrogens is 280 g/mol. The first kappa shape index (κ1) is 13.8. The average molecular weight is 298 g/mol. The van der Waals surface area contributed by atoms with Crippen LogP contribution in [0.25, 0.3) is 27.8 Å². The Bertz CT molecular complexity index is 981. The number of fused-ring (bicyclic) bond motifs is 1. The number of aromatic nitrogens is 2. The van der Waals surface area contributed by atoms with Crippen LogP contribution < -0.4 is 0 Å². The maximum absolute atomic E-state index is 4.85. The fourth-order valence-corrected chi connectivity index (χ4v) is 2.95. The smallest absolute Gasteiger partial charge is 0.0934 e. The summed E-state index contributed by atoms with van der Waals surface area (Å²) in [5.41, 5.74) is 7.02. The van der Waals surface area contributed by atoms with Crippen LogP contribution in [0.3, 0.4) is 0 Å². The van der Waals surface area contributed by atoms with E-state index in [0.717, 1.165) is 16.9 Å². The molecule has 0 radical (unpaired) electrons. The maximum Gasteiger partial charge on any atom is 0.0934 e. The molecule has 0 fully saturated rings. The summed E-state index contributed by atoms with van der Waals surface area (Å²) in [6.45, 7) is 4.28. The van der Waals surface area contributed by atoms with E-state index in [-0.39, 0.29) is 0 Å². The molecule has 0 aliphatic rings. The van der Waals surface area contributed by atoms with Gasteiger partial charge in [0.15, 0.2) is 0 Å². The van der Waals surface area contributed by atoms with Crippen LogP contribution in [-0.2, 0) is 0 Å². The summed E-state index contributed by atoms with van der Waals surface area (Å²) in [4.78, 5) is 0. The molecule has 0 amide bonds. The van der Waals surface area contributed by atoms with E-state index >= 15 is 0 Å². The Morgan fingerprint density at radius 2 is 1.48 bits per heavy atom. The van der Waals surface area contributed by atoms with Crippen molar-refractivity contribution in [3.05, 3.63) is 83.9 Å². The first-order valence-corrected chi connectivity index (χ1v) is 7.85. The van der Waals surface area contributed by atoms with Crippen molar-refractivity contribution < 1.29 is 0 Å². The van der Waals surface area contributed by atoms with E-state index in [1.54, 1.807) is 0 Å². The summed E-state index contributed by atoms with van der Waals surface area (Å²) in [5, 5.41) is 6.02. The minimum Gasteiger partial charge on any atom is -0.232 e. The van der Waals surface area contributed by atoms with Gasteiger partial charge in [-0.3, -0.25) is 0 Å². The molecule has 0 spiro atoms. The van der Waals surface area contributed by atoms with Gasteiger partial charge >= 0.3 is 0 Å². The normalized spacial score (nSPS) is 11.0. The molecule has 0 aliphatic carbocycles. The summed E-state index contributed by atoms with van der Waals surface area (Å²) >= 11 is 0. The molecule has 0 bridgehead atoms. The Labute approximate surface area is 136 Å². The van der Waals surface area contributed by atoms with Gasteiger partial charge in [-0.1, -0.05) is 54.6 Å². The molecule has 0 saturated carbocycles. The van der Waals surface area contributed by atoms with Gasteiger partial charge in [0.2, 0.25) is 0 Å². The topological polar surface area (TPSA) is 17.8 Å². The van der Waals surface area contributed by atoms with Crippen LogP contribution in [-0.4, -0.2) is 9.78 Å². The van der Waals surface area contributed by atoms with Gasteiger partial charge in [-0.05, 0) is 43.2 Å². The SMILES string of the molecule is Cc1ccc(-n2nc3ccccc3c2-c2ccccc2)cc1C. The molecule has 4 aromatic rings. The molecule has 1 aromatic heterocycles. The molecule has 2 nitrogen and oxygen atoms in total. The zero-order valence-electron chi connectivity index (χ0n) is 13.3. The first-order valence-electron chi connectivity index (χ1n) is 7.85. The van der Waals surface area contributed by atoms with Crippen molar-refractivity contribution in [2.75, 3.05) is 0 Å². The Kier molecular flexibility index (Phi) is 3.23. The predicted octanol–water partition coefficient (Wildman–Crippen LogP) is 5.31. The van der Waals surface area contributed by atoms with Gasteiger partial charge in [-0.25, -0.2) is 4.68 Å². The van der Waals surface area contributed by atoms with Crippen LogP contribution in [0.5, 0.6) is 0 Å². The van der Waals surface area contributed by atoms with Crippen LogP contribution >= 0.6 is 0 Å². The second-order valence-electron chi connectivity index (χ2n) is 5.91. The van der Waals surface area contributed by atoms with Crippen molar-refractivity contribution in [1.82, 2.24) is 9.78 Å². The third kappa shape index (κ3) is 2.33. The molecule has 0 unspecified atom stereocenters. The zero-order valence-corrected chi connectivity index (χ0v) is 13.3.